The highest BCUT2D eigenvalue weighted by molar-refractivity contribution is 5.85. The number of amides is 1. The average Bonchev–Trinajstić information content (AvgIpc) is 3.32. The van der Waals surface area contributed by atoms with Crippen molar-refractivity contribution in [1.29, 1.82) is 0 Å². The average molecular weight is 336 g/mol. The molecule has 1 atom stereocenters. The van der Waals surface area contributed by atoms with E-state index < -0.39 is 0 Å². The molecule has 0 saturated heterocycles. The minimum atomic E-state index is -0.0365. The molecule has 0 radical (unpaired) electrons. The molecule has 0 spiro atoms. The van der Waals surface area contributed by atoms with E-state index in [4.69, 9.17) is 5.73 Å². The minimum absolute atomic E-state index is 0. The molecule has 0 aliphatic heterocycles. The fourth-order valence-corrected chi connectivity index (χ4v) is 2.62. The van der Waals surface area contributed by atoms with E-state index in [1.165, 1.54) is 0 Å². The number of hydrogen-bond donors (Lipinski definition) is 2. The number of carbonyl (C=O) groups is 1. The Bertz CT molecular complexity index is 654. The zero-order chi connectivity index (χ0) is 15.5. The van der Waals surface area contributed by atoms with Crippen LogP contribution in [0.25, 0.3) is 5.69 Å². The maximum atomic E-state index is 12.2. The number of rotatable bonds is 6. The number of nitrogens with zero attached hydrogens (tertiary/aromatic N) is 3. The number of hydrogen-bond acceptors (Lipinski definition) is 4. The zero-order valence-corrected chi connectivity index (χ0v) is 13.9. The van der Waals surface area contributed by atoms with Gasteiger partial charge in [-0.1, -0.05) is 23.4 Å². The van der Waals surface area contributed by atoms with E-state index >= 15 is 0 Å². The van der Waals surface area contributed by atoms with Gasteiger partial charge in [-0.3, -0.25) is 4.79 Å². The maximum absolute atomic E-state index is 12.2. The third-order valence-electron chi connectivity index (χ3n) is 4.11. The molecular weight excluding hydrogens is 314 g/mol. The van der Waals surface area contributed by atoms with Gasteiger partial charge >= 0.3 is 0 Å². The Morgan fingerprint density at radius 2 is 2.09 bits per heavy atom. The maximum Gasteiger partial charge on any atom is 0.226 e. The van der Waals surface area contributed by atoms with Gasteiger partial charge in [-0.2, -0.15) is 0 Å². The highest BCUT2D eigenvalue weighted by Gasteiger charge is 2.31. The van der Waals surface area contributed by atoms with E-state index in [-0.39, 0.29) is 30.8 Å². The first-order chi connectivity index (χ1) is 10.7. The summed E-state index contributed by atoms with van der Waals surface area (Å²) in [4.78, 5) is 12.2. The van der Waals surface area contributed by atoms with E-state index in [0.29, 0.717) is 18.2 Å². The number of nitrogens with one attached hydrogen (secondary N) is 1. The van der Waals surface area contributed by atoms with Gasteiger partial charge in [-0.25, -0.2) is 4.68 Å². The summed E-state index contributed by atoms with van der Waals surface area (Å²) in [7, 11) is 0. The van der Waals surface area contributed by atoms with Crippen LogP contribution >= 0.6 is 12.4 Å². The van der Waals surface area contributed by atoms with Gasteiger partial charge in [0.25, 0.3) is 0 Å². The van der Waals surface area contributed by atoms with Crippen molar-refractivity contribution in [2.45, 2.75) is 32.2 Å². The Labute approximate surface area is 141 Å². The van der Waals surface area contributed by atoms with Crippen molar-refractivity contribution in [2.24, 2.45) is 11.7 Å². The van der Waals surface area contributed by atoms with Gasteiger partial charge in [-0.05, 0) is 37.8 Å². The van der Waals surface area contributed by atoms with Crippen molar-refractivity contribution in [3.63, 3.8) is 0 Å². The number of aromatic nitrogens is 3. The molecule has 1 unspecified atom stereocenters. The lowest BCUT2D eigenvalue weighted by Gasteiger charge is -2.15. The smallest absolute Gasteiger partial charge is 0.226 e. The molecule has 23 heavy (non-hydrogen) atoms. The monoisotopic (exact) mass is 335 g/mol. The van der Waals surface area contributed by atoms with E-state index in [1.807, 2.05) is 37.3 Å². The third kappa shape index (κ3) is 4.09. The minimum Gasteiger partial charge on any atom is -0.351 e. The summed E-state index contributed by atoms with van der Waals surface area (Å²) in [6.45, 7) is 2.42. The van der Waals surface area contributed by atoms with Gasteiger partial charge in [0, 0.05) is 12.6 Å². The first kappa shape index (κ1) is 17.4. The molecule has 1 aromatic carbocycles. The number of para-hydroxylation sites is 1. The van der Waals surface area contributed by atoms with Crippen LogP contribution in [0, 0.1) is 12.8 Å². The topological polar surface area (TPSA) is 85.8 Å². The number of nitrogens with two attached hydrogens (primary N) is 1. The van der Waals surface area contributed by atoms with Crippen molar-refractivity contribution in [2.75, 3.05) is 6.54 Å². The molecule has 3 N–H and O–H groups in total. The fraction of sp³-hybridized carbons (Fsp3) is 0.438. The largest absolute Gasteiger partial charge is 0.351 e. The lowest BCUT2D eigenvalue weighted by atomic mass is 10.1. The van der Waals surface area contributed by atoms with E-state index in [1.54, 1.807) is 4.68 Å². The van der Waals surface area contributed by atoms with Crippen molar-refractivity contribution in [3.05, 3.63) is 41.7 Å². The molecule has 1 aliphatic carbocycles. The summed E-state index contributed by atoms with van der Waals surface area (Å²) in [5.74, 6) is 0.514. The van der Waals surface area contributed by atoms with Crippen LogP contribution in [0.2, 0.25) is 0 Å². The zero-order valence-electron chi connectivity index (χ0n) is 13.1. The quantitative estimate of drug-likeness (QED) is 0.835. The Hall–Kier alpha value is -1.92. The molecule has 1 aromatic heterocycles. The van der Waals surface area contributed by atoms with Crippen molar-refractivity contribution in [3.8, 4) is 5.69 Å². The molecule has 2 aromatic rings. The van der Waals surface area contributed by atoms with Crippen LogP contribution in [0.5, 0.6) is 0 Å². The van der Waals surface area contributed by atoms with Gasteiger partial charge in [0.2, 0.25) is 5.91 Å². The second-order valence-electron chi connectivity index (χ2n) is 5.79. The summed E-state index contributed by atoms with van der Waals surface area (Å²) in [5, 5.41) is 11.3. The molecule has 124 valence electrons. The van der Waals surface area contributed by atoms with Crippen LogP contribution in [0.15, 0.2) is 30.3 Å². The van der Waals surface area contributed by atoms with Crippen LogP contribution in [0.1, 0.15) is 24.2 Å². The summed E-state index contributed by atoms with van der Waals surface area (Å²) in [5.41, 5.74) is 8.25. The second kappa shape index (κ2) is 7.57. The van der Waals surface area contributed by atoms with Crippen LogP contribution in [-0.4, -0.2) is 33.5 Å². The van der Waals surface area contributed by atoms with Gasteiger partial charge in [0.05, 0.1) is 23.5 Å². The van der Waals surface area contributed by atoms with Crippen LogP contribution in [0.4, 0.5) is 0 Å². The van der Waals surface area contributed by atoms with Gasteiger partial charge in [0.1, 0.15) is 0 Å². The summed E-state index contributed by atoms with van der Waals surface area (Å²) < 4.78 is 1.75. The lowest BCUT2D eigenvalue weighted by Crippen LogP contribution is -2.42. The second-order valence-corrected chi connectivity index (χ2v) is 5.79. The molecule has 1 heterocycles. The molecule has 3 rings (SSSR count). The van der Waals surface area contributed by atoms with E-state index in [0.717, 1.165) is 24.2 Å². The van der Waals surface area contributed by atoms with Gasteiger partial charge in [-0.15, -0.1) is 17.5 Å². The molecule has 1 saturated carbocycles. The molecule has 1 aliphatic rings. The highest BCUT2D eigenvalue weighted by atomic mass is 35.5. The van der Waals surface area contributed by atoms with E-state index in [2.05, 4.69) is 15.6 Å². The molecular formula is C16H22ClN5O. The number of carbonyl (C=O) groups excluding carboxylic acids is 1. The molecule has 0 bridgehead atoms. The van der Waals surface area contributed by atoms with Crippen LogP contribution in [0.3, 0.4) is 0 Å². The van der Waals surface area contributed by atoms with Gasteiger partial charge in [0.15, 0.2) is 0 Å². The summed E-state index contributed by atoms with van der Waals surface area (Å²) >= 11 is 0. The fourth-order valence-electron chi connectivity index (χ4n) is 2.62. The van der Waals surface area contributed by atoms with Gasteiger partial charge < -0.3 is 11.1 Å². The number of benzene rings is 1. The predicted octanol–water partition coefficient (Wildman–Crippen LogP) is 1.39. The molecule has 6 nitrogen and oxygen atoms in total. The lowest BCUT2D eigenvalue weighted by molar-refractivity contribution is -0.121. The van der Waals surface area contributed by atoms with Crippen LogP contribution in [-0.2, 0) is 11.2 Å². The van der Waals surface area contributed by atoms with Crippen molar-refractivity contribution >= 4 is 18.3 Å². The first-order valence-corrected chi connectivity index (χ1v) is 7.65. The normalized spacial score (nSPS) is 14.9. The van der Waals surface area contributed by atoms with Crippen molar-refractivity contribution in [1.82, 2.24) is 20.3 Å². The highest BCUT2D eigenvalue weighted by Crippen LogP contribution is 2.32. The summed E-state index contributed by atoms with van der Waals surface area (Å²) in [6.07, 6.45) is 2.55. The number of halogens is 1. The van der Waals surface area contributed by atoms with Crippen LogP contribution < -0.4 is 11.1 Å². The molecule has 1 fully saturated rings. The SMILES string of the molecule is Cc1c(CC(=O)NC(CN)C2CC2)nnn1-c1ccccc1.Cl. The Kier molecular flexibility index (Phi) is 5.74. The Morgan fingerprint density at radius 3 is 2.70 bits per heavy atom. The Balaban J connectivity index is 0.00000192. The Morgan fingerprint density at radius 1 is 1.39 bits per heavy atom. The summed E-state index contributed by atoms with van der Waals surface area (Å²) in [6, 6.07) is 9.87. The molecule has 7 heteroatoms. The standard InChI is InChI=1S/C16H21N5O.ClH/c1-11-14(9-16(22)18-15(10-17)12-7-8-12)19-20-21(11)13-5-3-2-4-6-13;/h2-6,12,15H,7-10,17H2,1H3,(H,18,22);1H. The third-order valence-corrected chi connectivity index (χ3v) is 4.11. The van der Waals surface area contributed by atoms with E-state index in [9.17, 15) is 4.79 Å². The predicted molar refractivity (Wildman–Crippen MR) is 90.8 cm³/mol. The molecule has 1 amide bonds. The van der Waals surface area contributed by atoms with Crippen molar-refractivity contribution < 1.29 is 4.79 Å². The first-order valence-electron chi connectivity index (χ1n) is 7.65.